The number of carbonyl (C=O) groups excluding carboxylic acids is 2. The summed E-state index contributed by atoms with van der Waals surface area (Å²) < 4.78 is 7.28. The van der Waals surface area contributed by atoms with Gasteiger partial charge in [-0.1, -0.05) is 13.0 Å². The molecule has 2 amide bonds. The Balaban J connectivity index is 1.42. The Kier molecular flexibility index (Phi) is 8.00. The summed E-state index contributed by atoms with van der Waals surface area (Å²) in [5, 5.41) is 17.5. The quantitative estimate of drug-likeness (QED) is 0.363. The number of hydrogen-bond donors (Lipinski definition) is 1. The number of nitriles is 1. The van der Waals surface area contributed by atoms with Gasteiger partial charge in [0, 0.05) is 55.6 Å². The maximum absolute atomic E-state index is 13.0. The molecule has 0 bridgehead atoms. The van der Waals surface area contributed by atoms with Gasteiger partial charge in [-0.3, -0.25) is 9.48 Å². The van der Waals surface area contributed by atoms with Crippen molar-refractivity contribution in [2.24, 2.45) is 11.8 Å². The Morgan fingerprint density at radius 3 is 2.48 bits per heavy atom. The molecular weight excluding hydrogens is 528 g/mol. The second kappa shape index (κ2) is 11.5. The van der Waals surface area contributed by atoms with Crippen molar-refractivity contribution in [3.63, 3.8) is 0 Å². The van der Waals surface area contributed by atoms with E-state index in [1.807, 2.05) is 67.0 Å². The van der Waals surface area contributed by atoms with Crippen molar-refractivity contribution < 1.29 is 14.3 Å². The molecule has 1 saturated carbocycles. The normalized spacial score (nSPS) is 19.9. The molecule has 1 N–H and O–H groups in total. The Bertz CT molecular complexity index is 1500. The molecule has 0 saturated heterocycles. The standard InChI is InChI=1S/C33H40N6O3/c1-21-30(36-27-12-7-23(18-34)8-13-27)28-17-25(11-14-29(28)39(22(2)40)31(21)24-9-10-24)26-19-35-38(20-26)16-15-37(6)32(41)42-33(3,4)5/h7-8,11-14,17,19-21,24,30-31,36H,9-10,15-16H2,1-6H3/t21-,30?,31?/m1/s1. The third-order valence-corrected chi connectivity index (χ3v) is 8.10. The summed E-state index contributed by atoms with van der Waals surface area (Å²) in [6.07, 6.45) is 5.73. The van der Waals surface area contributed by atoms with Crippen molar-refractivity contribution in [3.8, 4) is 17.2 Å². The number of carbonyl (C=O) groups is 2. The van der Waals surface area contributed by atoms with Gasteiger partial charge >= 0.3 is 6.09 Å². The molecule has 9 nitrogen and oxygen atoms in total. The highest BCUT2D eigenvalue weighted by Crippen LogP contribution is 2.50. The maximum Gasteiger partial charge on any atom is 0.410 e. The number of hydrogen-bond acceptors (Lipinski definition) is 6. The maximum atomic E-state index is 13.0. The number of ether oxygens (including phenoxy) is 1. The van der Waals surface area contributed by atoms with Gasteiger partial charge in [0.15, 0.2) is 0 Å². The highest BCUT2D eigenvalue weighted by molar-refractivity contribution is 5.94. The largest absolute Gasteiger partial charge is 0.444 e. The average molecular weight is 569 g/mol. The van der Waals surface area contributed by atoms with Crippen molar-refractivity contribution in [2.45, 2.75) is 71.7 Å². The van der Waals surface area contributed by atoms with E-state index in [0.717, 1.165) is 40.9 Å². The van der Waals surface area contributed by atoms with Crippen molar-refractivity contribution in [1.82, 2.24) is 14.7 Å². The van der Waals surface area contributed by atoms with Crippen LogP contribution in [0.25, 0.3) is 11.1 Å². The van der Waals surface area contributed by atoms with E-state index < -0.39 is 5.60 Å². The zero-order valence-electron chi connectivity index (χ0n) is 25.3. The Labute approximate surface area is 248 Å². The van der Waals surface area contributed by atoms with Gasteiger partial charge in [-0.25, -0.2) is 4.79 Å². The highest BCUT2D eigenvalue weighted by atomic mass is 16.6. The number of likely N-dealkylation sites (N-methyl/N-ethyl adjacent to an activating group) is 1. The van der Waals surface area contributed by atoms with E-state index in [2.05, 4.69) is 41.6 Å². The van der Waals surface area contributed by atoms with E-state index in [-0.39, 0.29) is 30.0 Å². The summed E-state index contributed by atoms with van der Waals surface area (Å²) in [5.41, 5.74) is 4.99. The van der Waals surface area contributed by atoms with Gasteiger partial charge in [0.1, 0.15) is 5.60 Å². The molecule has 5 rings (SSSR count). The van der Waals surface area contributed by atoms with E-state index >= 15 is 0 Å². The number of rotatable bonds is 7. The predicted octanol–water partition coefficient (Wildman–Crippen LogP) is 6.22. The van der Waals surface area contributed by atoms with Crippen LogP contribution in [0.2, 0.25) is 0 Å². The first-order valence-electron chi connectivity index (χ1n) is 14.6. The van der Waals surface area contributed by atoms with Crippen LogP contribution >= 0.6 is 0 Å². The molecule has 2 heterocycles. The molecule has 3 atom stereocenters. The van der Waals surface area contributed by atoms with Crippen LogP contribution in [0.5, 0.6) is 0 Å². The lowest BCUT2D eigenvalue weighted by Crippen LogP contribution is -2.51. The molecule has 42 heavy (non-hydrogen) atoms. The van der Waals surface area contributed by atoms with Crippen LogP contribution in [-0.4, -0.2) is 51.9 Å². The lowest BCUT2D eigenvalue weighted by molar-refractivity contribution is -0.117. The zero-order valence-corrected chi connectivity index (χ0v) is 25.3. The molecule has 0 spiro atoms. The molecule has 220 valence electrons. The fourth-order valence-corrected chi connectivity index (χ4v) is 5.88. The number of anilines is 2. The van der Waals surface area contributed by atoms with Gasteiger partial charge in [-0.2, -0.15) is 10.4 Å². The first-order valence-corrected chi connectivity index (χ1v) is 14.6. The first kappa shape index (κ1) is 29.2. The SMILES string of the molecule is CC(=O)N1c2ccc(-c3cnn(CCN(C)C(=O)OC(C)(C)C)c3)cc2C(Nc2ccc(C#N)cc2)[C@@H](C)C1C1CC1. The van der Waals surface area contributed by atoms with Gasteiger partial charge in [0.05, 0.1) is 30.4 Å². The minimum absolute atomic E-state index is 0.0217. The monoisotopic (exact) mass is 568 g/mol. The number of nitrogens with one attached hydrogen (secondary N) is 1. The number of amides is 2. The van der Waals surface area contributed by atoms with Gasteiger partial charge in [-0.15, -0.1) is 0 Å². The molecule has 3 aromatic rings. The van der Waals surface area contributed by atoms with E-state index in [4.69, 9.17) is 4.74 Å². The summed E-state index contributed by atoms with van der Waals surface area (Å²) in [5.74, 6) is 0.733. The molecule has 2 aliphatic rings. The van der Waals surface area contributed by atoms with Crippen LogP contribution in [0.1, 0.15) is 64.6 Å². The Morgan fingerprint density at radius 2 is 1.86 bits per heavy atom. The third kappa shape index (κ3) is 6.28. The lowest BCUT2D eigenvalue weighted by atomic mass is 9.79. The number of fused-ring (bicyclic) bond motifs is 1. The first-order chi connectivity index (χ1) is 19.9. The number of benzene rings is 2. The molecule has 1 aromatic heterocycles. The van der Waals surface area contributed by atoms with E-state index in [9.17, 15) is 14.9 Å². The van der Waals surface area contributed by atoms with Gasteiger partial charge < -0.3 is 19.9 Å². The predicted molar refractivity (Wildman–Crippen MR) is 163 cm³/mol. The van der Waals surface area contributed by atoms with Crippen LogP contribution < -0.4 is 10.2 Å². The molecule has 1 fully saturated rings. The van der Waals surface area contributed by atoms with Gasteiger partial charge in [-0.05, 0) is 87.1 Å². The third-order valence-electron chi connectivity index (χ3n) is 8.10. The molecule has 9 heteroatoms. The fraction of sp³-hybridized carbons (Fsp3) is 0.455. The summed E-state index contributed by atoms with van der Waals surface area (Å²) in [4.78, 5) is 28.9. The average Bonchev–Trinajstić information content (AvgIpc) is 3.67. The molecule has 0 radical (unpaired) electrons. The van der Waals surface area contributed by atoms with Crippen molar-refractivity contribution >= 4 is 23.4 Å². The van der Waals surface area contributed by atoms with E-state index in [0.29, 0.717) is 24.6 Å². The summed E-state index contributed by atoms with van der Waals surface area (Å²) in [6, 6.07) is 16.1. The molecular formula is C33H40N6O3. The topological polar surface area (TPSA) is 103 Å². The summed E-state index contributed by atoms with van der Waals surface area (Å²) >= 11 is 0. The molecule has 1 aliphatic carbocycles. The minimum Gasteiger partial charge on any atom is -0.444 e. The molecule has 2 aromatic carbocycles. The van der Waals surface area contributed by atoms with Gasteiger partial charge in [0.2, 0.25) is 5.91 Å². The van der Waals surface area contributed by atoms with Crippen molar-refractivity contribution in [1.29, 1.82) is 5.26 Å². The van der Waals surface area contributed by atoms with Crippen LogP contribution in [0.15, 0.2) is 54.9 Å². The van der Waals surface area contributed by atoms with Gasteiger partial charge in [0.25, 0.3) is 0 Å². The van der Waals surface area contributed by atoms with Crippen LogP contribution in [-0.2, 0) is 16.1 Å². The van der Waals surface area contributed by atoms with Crippen LogP contribution in [0, 0.1) is 23.2 Å². The Morgan fingerprint density at radius 1 is 1.14 bits per heavy atom. The second-order valence-electron chi connectivity index (χ2n) is 12.6. The highest BCUT2D eigenvalue weighted by Gasteiger charge is 2.47. The fourth-order valence-electron chi connectivity index (χ4n) is 5.88. The van der Waals surface area contributed by atoms with Crippen LogP contribution in [0.3, 0.4) is 0 Å². The van der Waals surface area contributed by atoms with E-state index in [1.54, 1.807) is 18.9 Å². The lowest BCUT2D eigenvalue weighted by Gasteiger charge is -2.46. The van der Waals surface area contributed by atoms with E-state index in [1.165, 1.54) is 0 Å². The summed E-state index contributed by atoms with van der Waals surface area (Å²) in [7, 11) is 1.72. The number of nitrogens with zero attached hydrogens (tertiary/aromatic N) is 5. The second-order valence-corrected chi connectivity index (χ2v) is 12.6. The number of aromatic nitrogens is 2. The van der Waals surface area contributed by atoms with Crippen LogP contribution in [0.4, 0.5) is 16.2 Å². The molecule has 1 aliphatic heterocycles. The smallest absolute Gasteiger partial charge is 0.410 e. The zero-order chi connectivity index (χ0) is 30.2. The molecule has 2 unspecified atom stereocenters. The Hall–Kier alpha value is -4.32. The van der Waals surface area contributed by atoms with Crippen molar-refractivity contribution in [2.75, 3.05) is 23.8 Å². The van der Waals surface area contributed by atoms with Crippen molar-refractivity contribution in [3.05, 3.63) is 66.0 Å². The minimum atomic E-state index is -0.544. The summed E-state index contributed by atoms with van der Waals surface area (Å²) in [6.45, 7) is 10.4.